The molecular formula is C15H21N3O. The van der Waals surface area contributed by atoms with Crippen molar-refractivity contribution in [3.8, 4) is 16.9 Å². The number of aryl methyl sites for hydroxylation is 1. The lowest BCUT2D eigenvalue weighted by molar-refractivity contribution is 0.416. The maximum absolute atomic E-state index is 6.20. The van der Waals surface area contributed by atoms with Crippen molar-refractivity contribution in [1.29, 1.82) is 0 Å². The molecule has 102 valence electrons. The van der Waals surface area contributed by atoms with Crippen LogP contribution in [0.3, 0.4) is 0 Å². The lowest BCUT2D eigenvalue weighted by Gasteiger charge is -2.12. The van der Waals surface area contributed by atoms with Crippen molar-refractivity contribution in [1.82, 2.24) is 9.78 Å². The minimum absolute atomic E-state index is 0.364. The van der Waals surface area contributed by atoms with E-state index in [9.17, 15) is 0 Å². The van der Waals surface area contributed by atoms with Gasteiger partial charge in [-0.15, -0.1) is 0 Å². The van der Waals surface area contributed by atoms with E-state index < -0.39 is 0 Å². The van der Waals surface area contributed by atoms with E-state index in [-0.39, 0.29) is 0 Å². The summed E-state index contributed by atoms with van der Waals surface area (Å²) < 4.78 is 7.18. The summed E-state index contributed by atoms with van der Waals surface area (Å²) >= 11 is 0. The van der Waals surface area contributed by atoms with Gasteiger partial charge in [-0.3, -0.25) is 4.68 Å². The van der Waals surface area contributed by atoms with Gasteiger partial charge in [-0.05, 0) is 12.5 Å². The standard InChI is InChI=1S/C15H21N3O/c1-5-10(2)14-13(15(16)18(3)17-14)11-8-6-7-9-12(11)19-4/h6-10H,5,16H2,1-4H3. The fourth-order valence-corrected chi connectivity index (χ4v) is 2.22. The molecule has 0 bridgehead atoms. The number of hydrogen-bond acceptors (Lipinski definition) is 3. The van der Waals surface area contributed by atoms with Gasteiger partial charge in [-0.25, -0.2) is 0 Å². The maximum Gasteiger partial charge on any atom is 0.129 e. The number of nitrogens with two attached hydrogens (primary N) is 1. The summed E-state index contributed by atoms with van der Waals surface area (Å²) in [6, 6.07) is 7.92. The van der Waals surface area contributed by atoms with Gasteiger partial charge < -0.3 is 10.5 Å². The van der Waals surface area contributed by atoms with Crippen LogP contribution in [0.2, 0.25) is 0 Å². The number of ether oxygens (including phenoxy) is 1. The molecule has 1 unspecified atom stereocenters. The zero-order valence-electron chi connectivity index (χ0n) is 12.0. The Morgan fingerprint density at radius 2 is 2.05 bits per heavy atom. The molecule has 0 saturated carbocycles. The smallest absolute Gasteiger partial charge is 0.129 e. The summed E-state index contributed by atoms with van der Waals surface area (Å²) in [6.07, 6.45) is 1.03. The van der Waals surface area contributed by atoms with Gasteiger partial charge in [0.2, 0.25) is 0 Å². The highest BCUT2D eigenvalue weighted by molar-refractivity contribution is 5.81. The number of rotatable bonds is 4. The summed E-state index contributed by atoms with van der Waals surface area (Å²) in [4.78, 5) is 0. The Balaban J connectivity index is 2.67. The van der Waals surface area contributed by atoms with Gasteiger partial charge in [0, 0.05) is 18.5 Å². The summed E-state index contributed by atoms with van der Waals surface area (Å²) in [5.74, 6) is 1.87. The minimum atomic E-state index is 0.364. The van der Waals surface area contributed by atoms with Crippen molar-refractivity contribution in [3.63, 3.8) is 0 Å². The Bertz CT molecular complexity index is 575. The van der Waals surface area contributed by atoms with Crippen LogP contribution in [0.4, 0.5) is 5.82 Å². The van der Waals surface area contributed by atoms with Crippen molar-refractivity contribution in [2.24, 2.45) is 7.05 Å². The van der Waals surface area contributed by atoms with E-state index >= 15 is 0 Å². The Morgan fingerprint density at radius 3 is 2.68 bits per heavy atom. The van der Waals surface area contributed by atoms with E-state index in [1.807, 2.05) is 31.3 Å². The minimum Gasteiger partial charge on any atom is -0.496 e. The Labute approximate surface area is 114 Å². The zero-order chi connectivity index (χ0) is 14.0. The highest BCUT2D eigenvalue weighted by Gasteiger charge is 2.21. The predicted octanol–water partition coefficient (Wildman–Crippen LogP) is 3.19. The molecule has 0 spiro atoms. The average molecular weight is 259 g/mol. The first kappa shape index (κ1) is 13.5. The number of nitrogens with zero attached hydrogens (tertiary/aromatic N) is 2. The van der Waals surface area contributed by atoms with Crippen molar-refractivity contribution < 1.29 is 4.74 Å². The second-order valence-corrected chi connectivity index (χ2v) is 4.78. The number of aromatic nitrogens is 2. The third kappa shape index (κ3) is 2.30. The van der Waals surface area contributed by atoms with E-state index in [0.29, 0.717) is 11.7 Å². The van der Waals surface area contributed by atoms with Crippen LogP contribution in [-0.2, 0) is 7.05 Å². The number of anilines is 1. The van der Waals surface area contributed by atoms with E-state index in [2.05, 4.69) is 18.9 Å². The van der Waals surface area contributed by atoms with Crippen LogP contribution in [0.5, 0.6) is 5.75 Å². The third-order valence-electron chi connectivity index (χ3n) is 3.57. The molecule has 4 nitrogen and oxygen atoms in total. The highest BCUT2D eigenvalue weighted by atomic mass is 16.5. The van der Waals surface area contributed by atoms with Crippen LogP contribution < -0.4 is 10.5 Å². The normalized spacial score (nSPS) is 12.4. The zero-order valence-corrected chi connectivity index (χ0v) is 12.0. The van der Waals surface area contributed by atoms with E-state index in [1.54, 1.807) is 11.8 Å². The van der Waals surface area contributed by atoms with Gasteiger partial charge in [0.25, 0.3) is 0 Å². The Kier molecular flexibility index (Phi) is 3.79. The molecule has 1 aromatic heterocycles. The van der Waals surface area contributed by atoms with Gasteiger partial charge in [-0.2, -0.15) is 5.10 Å². The monoisotopic (exact) mass is 259 g/mol. The van der Waals surface area contributed by atoms with E-state index in [0.717, 1.165) is 29.0 Å². The number of hydrogen-bond donors (Lipinski definition) is 1. The molecule has 2 N–H and O–H groups in total. The molecule has 19 heavy (non-hydrogen) atoms. The van der Waals surface area contributed by atoms with Crippen LogP contribution in [-0.4, -0.2) is 16.9 Å². The average Bonchev–Trinajstić information content (AvgIpc) is 2.74. The first-order valence-corrected chi connectivity index (χ1v) is 6.55. The van der Waals surface area contributed by atoms with Gasteiger partial charge in [0.1, 0.15) is 11.6 Å². The van der Waals surface area contributed by atoms with Gasteiger partial charge in [-0.1, -0.05) is 32.0 Å². The molecule has 2 aromatic rings. The molecular weight excluding hydrogens is 238 g/mol. The summed E-state index contributed by atoms with van der Waals surface area (Å²) in [7, 11) is 3.55. The molecule has 4 heteroatoms. The van der Waals surface area contributed by atoms with Gasteiger partial charge in [0.15, 0.2) is 0 Å². The lowest BCUT2D eigenvalue weighted by atomic mass is 9.96. The molecule has 1 atom stereocenters. The molecule has 0 aliphatic heterocycles. The lowest BCUT2D eigenvalue weighted by Crippen LogP contribution is -1.98. The van der Waals surface area contributed by atoms with Crippen LogP contribution in [0.1, 0.15) is 31.9 Å². The Morgan fingerprint density at radius 1 is 1.37 bits per heavy atom. The molecule has 1 aromatic carbocycles. The van der Waals surface area contributed by atoms with Crippen molar-refractivity contribution in [3.05, 3.63) is 30.0 Å². The van der Waals surface area contributed by atoms with E-state index in [1.165, 1.54) is 0 Å². The Hall–Kier alpha value is -1.97. The van der Waals surface area contributed by atoms with Crippen LogP contribution in [0.15, 0.2) is 24.3 Å². The first-order valence-electron chi connectivity index (χ1n) is 6.55. The summed E-state index contributed by atoms with van der Waals surface area (Å²) in [5, 5.41) is 4.57. The van der Waals surface area contributed by atoms with Crippen molar-refractivity contribution in [2.75, 3.05) is 12.8 Å². The van der Waals surface area contributed by atoms with Crippen LogP contribution in [0.25, 0.3) is 11.1 Å². The molecule has 1 heterocycles. The molecule has 0 amide bonds. The molecule has 0 aliphatic carbocycles. The summed E-state index contributed by atoms with van der Waals surface area (Å²) in [5.41, 5.74) is 9.23. The second-order valence-electron chi connectivity index (χ2n) is 4.78. The summed E-state index contributed by atoms with van der Waals surface area (Å²) in [6.45, 7) is 4.32. The van der Waals surface area contributed by atoms with Crippen LogP contribution in [0, 0.1) is 0 Å². The fourth-order valence-electron chi connectivity index (χ4n) is 2.22. The van der Waals surface area contributed by atoms with Crippen LogP contribution >= 0.6 is 0 Å². The largest absolute Gasteiger partial charge is 0.496 e. The van der Waals surface area contributed by atoms with Gasteiger partial charge in [0.05, 0.1) is 18.4 Å². The highest BCUT2D eigenvalue weighted by Crippen LogP contribution is 2.39. The fraction of sp³-hybridized carbons (Fsp3) is 0.400. The number of para-hydroxylation sites is 1. The third-order valence-corrected chi connectivity index (χ3v) is 3.57. The number of benzene rings is 1. The molecule has 0 radical (unpaired) electrons. The van der Waals surface area contributed by atoms with Gasteiger partial charge >= 0.3 is 0 Å². The second kappa shape index (κ2) is 5.34. The molecule has 0 saturated heterocycles. The van der Waals surface area contributed by atoms with Crippen molar-refractivity contribution >= 4 is 5.82 Å². The topological polar surface area (TPSA) is 53.1 Å². The number of nitrogen functional groups attached to an aromatic ring is 1. The molecule has 2 rings (SSSR count). The SMILES string of the molecule is CCC(C)c1nn(C)c(N)c1-c1ccccc1OC. The molecule has 0 aliphatic rings. The predicted molar refractivity (Wildman–Crippen MR) is 78.3 cm³/mol. The quantitative estimate of drug-likeness (QED) is 0.917. The van der Waals surface area contributed by atoms with Crippen molar-refractivity contribution in [2.45, 2.75) is 26.2 Å². The maximum atomic E-state index is 6.20. The molecule has 0 fully saturated rings. The number of methoxy groups -OCH3 is 1. The van der Waals surface area contributed by atoms with E-state index in [4.69, 9.17) is 10.5 Å². The first-order chi connectivity index (χ1) is 9.10.